The lowest BCUT2D eigenvalue weighted by atomic mass is 9.93. The molecule has 0 bridgehead atoms. The summed E-state index contributed by atoms with van der Waals surface area (Å²) in [7, 11) is 0.239. The summed E-state index contributed by atoms with van der Waals surface area (Å²) in [5, 5.41) is 0. The van der Waals surface area contributed by atoms with E-state index in [1.165, 1.54) is 0 Å². The third-order valence-corrected chi connectivity index (χ3v) is 10.0. The number of unbranched alkanes of at least 4 members (excludes halogenated alkanes) is 1. The number of hydrogen-bond acceptors (Lipinski definition) is 7. The highest BCUT2D eigenvalue weighted by molar-refractivity contribution is 6.76. The van der Waals surface area contributed by atoms with Crippen LogP contribution < -0.4 is 19.1 Å². The van der Waals surface area contributed by atoms with Gasteiger partial charge in [0.2, 0.25) is 0 Å². The van der Waals surface area contributed by atoms with Crippen LogP contribution in [0.3, 0.4) is 0 Å². The number of benzene rings is 2. The molecule has 9 nitrogen and oxygen atoms in total. The lowest BCUT2D eigenvalue weighted by Crippen LogP contribution is -2.52. The molecule has 3 heterocycles. The molecule has 1 fully saturated rings. The second kappa shape index (κ2) is 13.7. The van der Waals surface area contributed by atoms with E-state index in [-0.39, 0.29) is 24.8 Å². The topological polar surface area (TPSA) is 86.8 Å². The third kappa shape index (κ3) is 7.36. The molecule has 3 aliphatic rings. The SMILES string of the molecule is CCCCOc1cc2c(cc1OC)C(=O)N1Cc3cc(OC4CCCCO4)ccc3C[C@H]1C(=O)N2COCC[Si](C)(C)C. The first-order valence-corrected chi connectivity index (χ1v) is 19.3. The Bertz CT molecular complexity index is 1300. The maximum absolute atomic E-state index is 14.3. The van der Waals surface area contributed by atoms with Crippen LogP contribution in [-0.4, -0.2) is 70.8 Å². The first kappa shape index (κ1) is 31.3. The van der Waals surface area contributed by atoms with Gasteiger partial charge in [0.15, 0.2) is 17.8 Å². The fourth-order valence-corrected chi connectivity index (χ4v) is 6.44. The van der Waals surface area contributed by atoms with Gasteiger partial charge < -0.3 is 28.6 Å². The number of methoxy groups -OCH3 is 1. The summed E-state index contributed by atoms with van der Waals surface area (Å²) in [6, 6.07) is 9.73. The van der Waals surface area contributed by atoms with Gasteiger partial charge in [-0.15, -0.1) is 0 Å². The molecule has 1 saturated heterocycles. The standard InChI is InChI=1S/C33H46N2O7Si/c1-6-7-13-40-30-20-27-26(19-29(30)38-2)32(36)34-21-24-17-25(42-31-10-8-9-14-41-31)12-11-23(24)18-28(34)33(37)35(27)22-39-15-16-43(3,4)5/h11-12,17,19-20,28,31H,6-10,13-16,18,21-22H2,1-5H3/t28-,31?/m0/s1. The number of rotatable bonds is 12. The smallest absolute Gasteiger partial charge is 0.257 e. The number of hydrogen-bond donors (Lipinski definition) is 0. The molecule has 234 valence electrons. The normalized spacial score (nSPS) is 20.2. The molecular weight excluding hydrogens is 564 g/mol. The molecule has 2 amide bonds. The third-order valence-electron chi connectivity index (χ3n) is 8.30. The van der Waals surface area contributed by atoms with Crippen molar-refractivity contribution in [3.05, 3.63) is 47.0 Å². The Morgan fingerprint density at radius 1 is 1.02 bits per heavy atom. The molecule has 10 heteroatoms. The molecular formula is C33H46N2O7Si. The van der Waals surface area contributed by atoms with Gasteiger partial charge in [-0.1, -0.05) is 39.1 Å². The van der Waals surface area contributed by atoms with Crippen molar-refractivity contribution in [1.29, 1.82) is 0 Å². The van der Waals surface area contributed by atoms with Crippen LogP contribution in [0.4, 0.5) is 5.69 Å². The zero-order valence-electron chi connectivity index (χ0n) is 26.3. The van der Waals surface area contributed by atoms with Crippen LogP contribution in [0, 0.1) is 0 Å². The molecule has 0 aliphatic carbocycles. The molecule has 2 atom stereocenters. The van der Waals surface area contributed by atoms with Crippen LogP contribution in [0.2, 0.25) is 25.7 Å². The highest BCUT2D eigenvalue weighted by atomic mass is 28.3. The van der Waals surface area contributed by atoms with Crippen molar-refractivity contribution in [3.63, 3.8) is 0 Å². The Kier molecular flexibility index (Phi) is 9.98. The van der Waals surface area contributed by atoms with Crippen LogP contribution in [0.25, 0.3) is 0 Å². The second-order valence-corrected chi connectivity index (χ2v) is 18.5. The predicted octanol–water partition coefficient (Wildman–Crippen LogP) is 6.01. The van der Waals surface area contributed by atoms with Crippen LogP contribution in [0.1, 0.15) is 60.5 Å². The van der Waals surface area contributed by atoms with Gasteiger partial charge in [0.1, 0.15) is 18.5 Å². The summed E-state index contributed by atoms with van der Waals surface area (Å²) in [5.41, 5.74) is 2.90. The van der Waals surface area contributed by atoms with Gasteiger partial charge in [0.05, 0.1) is 31.6 Å². The van der Waals surface area contributed by atoms with Crippen molar-refractivity contribution in [2.75, 3.05) is 38.6 Å². The van der Waals surface area contributed by atoms with Crippen molar-refractivity contribution in [1.82, 2.24) is 4.90 Å². The lowest BCUT2D eigenvalue weighted by molar-refractivity contribution is -0.124. The van der Waals surface area contributed by atoms with Gasteiger partial charge in [-0.2, -0.15) is 0 Å². The minimum Gasteiger partial charge on any atom is -0.493 e. The molecule has 2 aromatic carbocycles. The quantitative estimate of drug-likeness (QED) is 0.215. The second-order valence-electron chi connectivity index (χ2n) is 12.8. The van der Waals surface area contributed by atoms with E-state index in [0.717, 1.165) is 49.3 Å². The van der Waals surface area contributed by atoms with Crippen LogP contribution in [-0.2, 0) is 27.2 Å². The summed E-state index contributed by atoms with van der Waals surface area (Å²) in [5.74, 6) is 1.31. The van der Waals surface area contributed by atoms with E-state index in [9.17, 15) is 9.59 Å². The minimum absolute atomic E-state index is 0.0652. The van der Waals surface area contributed by atoms with Crippen LogP contribution in [0.15, 0.2) is 30.3 Å². The zero-order chi connectivity index (χ0) is 30.6. The molecule has 0 saturated carbocycles. The van der Waals surface area contributed by atoms with Gasteiger partial charge in [-0.3, -0.25) is 14.5 Å². The minimum atomic E-state index is -1.33. The Morgan fingerprint density at radius 2 is 1.86 bits per heavy atom. The summed E-state index contributed by atoms with van der Waals surface area (Å²) in [6.45, 7) is 11.1. The highest BCUT2D eigenvalue weighted by Gasteiger charge is 2.43. The summed E-state index contributed by atoms with van der Waals surface area (Å²) < 4.78 is 29.7. The maximum atomic E-state index is 14.3. The Hall–Kier alpha value is -3.08. The first-order valence-electron chi connectivity index (χ1n) is 15.6. The monoisotopic (exact) mass is 610 g/mol. The summed E-state index contributed by atoms with van der Waals surface area (Å²) >= 11 is 0. The molecule has 3 aliphatic heterocycles. The molecule has 43 heavy (non-hydrogen) atoms. The molecule has 0 aromatic heterocycles. The maximum Gasteiger partial charge on any atom is 0.257 e. The number of nitrogens with zero attached hydrogens (tertiary/aromatic N) is 2. The first-order chi connectivity index (χ1) is 20.7. The van der Waals surface area contributed by atoms with E-state index in [2.05, 4.69) is 26.6 Å². The number of anilines is 1. The predicted molar refractivity (Wildman–Crippen MR) is 168 cm³/mol. The van der Waals surface area contributed by atoms with E-state index in [0.29, 0.717) is 61.3 Å². The fourth-order valence-electron chi connectivity index (χ4n) is 5.69. The average Bonchev–Trinajstić information content (AvgIpc) is 3.06. The molecule has 0 N–H and O–H groups in total. The molecule has 0 radical (unpaired) electrons. The van der Waals surface area contributed by atoms with E-state index < -0.39 is 14.1 Å². The molecule has 5 rings (SSSR count). The average molecular weight is 611 g/mol. The summed E-state index contributed by atoms with van der Waals surface area (Å²) in [4.78, 5) is 31.8. The number of ether oxygens (including phenoxy) is 5. The number of carbonyl (C=O) groups excluding carboxylic acids is 2. The lowest BCUT2D eigenvalue weighted by Gasteiger charge is -2.36. The number of amides is 2. The Labute approximate surface area is 256 Å². The van der Waals surface area contributed by atoms with E-state index in [1.807, 2.05) is 18.2 Å². The number of carbonyl (C=O) groups is 2. The molecule has 0 spiro atoms. The van der Waals surface area contributed by atoms with E-state index >= 15 is 0 Å². The van der Waals surface area contributed by atoms with Gasteiger partial charge >= 0.3 is 0 Å². The van der Waals surface area contributed by atoms with Gasteiger partial charge in [0, 0.05) is 40.1 Å². The van der Waals surface area contributed by atoms with Crippen molar-refractivity contribution >= 4 is 25.6 Å². The largest absolute Gasteiger partial charge is 0.493 e. The van der Waals surface area contributed by atoms with Crippen molar-refractivity contribution in [2.45, 2.75) is 90.0 Å². The van der Waals surface area contributed by atoms with Gasteiger partial charge in [-0.25, -0.2) is 0 Å². The van der Waals surface area contributed by atoms with Crippen LogP contribution in [0.5, 0.6) is 17.2 Å². The Balaban J connectivity index is 1.47. The molecule has 1 unspecified atom stereocenters. The van der Waals surface area contributed by atoms with E-state index in [1.54, 1.807) is 29.0 Å². The van der Waals surface area contributed by atoms with E-state index in [4.69, 9.17) is 23.7 Å². The van der Waals surface area contributed by atoms with Gasteiger partial charge in [-0.05, 0) is 54.6 Å². The fraction of sp³-hybridized carbons (Fsp3) is 0.576. The number of fused-ring (bicyclic) bond motifs is 3. The van der Waals surface area contributed by atoms with Crippen molar-refractivity contribution in [3.8, 4) is 17.2 Å². The zero-order valence-corrected chi connectivity index (χ0v) is 27.3. The van der Waals surface area contributed by atoms with Crippen molar-refractivity contribution < 1.29 is 33.3 Å². The van der Waals surface area contributed by atoms with Crippen molar-refractivity contribution in [2.24, 2.45) is 0 Å². The summed E-state index contributed by atoms with van der Waals surface area (Å²) in [6.07, 6.45) is 5.01. The van der Waals surface area contributed by atoms with Crippen LogP contribution >= 0.6 is 0 Å². The van der Waals surface area contributed by atoms with Gasteiger partial charge in [0.25, 0.3) is 11.8 Å². The molecule has 2 aromatic rings. The Morgan fingerprint density at radius 3 is 2.58 bits per heavy atom. The highest BCUT2D eigenvalue weighted by Crippen LogP contribution is 2.41.